The van der Waals surface area contributed by atoms with E-state index in [0.29, 0.717) is 17.3 Å². The highest BCUT2D eigenvalue weighted by molar-refractivity contribution is 7.15. The Morgan fingerprint density at radius 2 is 1.82 bits per heavy atom. The van der Waals surface area contributed by atoms with E-state index in [1.807, 2.05) is 67.4 Å². The molecular weight excluding hydrogens is 444 g/mol. The lowest BCUT2D eigenvalue weighted by Gasteiger charge is -2.43. The number of para-hydroxylation sites is 2. The number of hydrogen-bond acceptors (Lipinski definition) is 4. The monoisotopic (exact) mass is 470 g/mol. The maximum atomic E-state index is 13.6. The van der Waals surface area contributed by atoms with E-state index in [-0.39, 0.29) is 5.91 Å². The number of nitrogens with zero attached hydrogens (tertiary/aromatic N) is 2. The summed E-state index contributed by atoms with van der Waals surface area (Å²) in [6, 6.07) is 18.3. The van der Waals surface area contributed by atoms with E-state index >= 15 is 0 Å². The number of fused-ring (bicyclic) bond motifs is 2. The Morgan fingerprint density at radius 1 is 1.12 bits per heavy atom. The highest BCUT2D eigenvalue weighted by Crippen LogP contribution is 2.54. The molecule has 0 atom stereocenters. The van der Waals surface area contributed by atoms with Crippen molar-refractivity contribution >= 4 is 45.4 Å². The maximum absolute atomic E-state index is 13.6. The van der Waals surface area contributed by atoms with Crippen LogP contribution in [0.3, 0.4) is 0 Å². The zero-order valence-electron chi connectivity index (χ0n) is 19.2. The van der Waals surface area contributed by atoms with Crippen molar-refractivity contribution < 1.29 is 9.59 Å². The molecule has 0 bridgehead atoms. The lowest BCUT2D eigenvalue weighted by molar-refractivity contribution is -0.122. The standard InChI is InChI=1S/C27H26N4O2S/c1-27(2)24-22(31(26(27)33)15-16-13-30(14-16)17-8-4-3-5-9-17)21(23(34-24)25(28)32)19-12-29-20-11-7-6-10-18(19)20/h3-12,16,29H,13-15H2,1-2H3,(H2,28,32). The van der Waals surface area contributed by atoms with Crippen LogP contribution in [0.25, 0.3) is 22.0 Å². The van der Waals surface area contributed by atoms with Crippen LogP contribution in [0, 0.1) is 5.92 Å². The lowest BCUT2D eigenvalue weighted by Crippen LogP contribution is -2.53. The molecule has 0 spiro atoms. The summed E-state index contributed by atoms with van der Waals surface area (Å²) in [4.78, 5) is 35.2. The molecule has 0 radical (unpaired) electrons. The summed E-state index contributed by atoms with van der Waals surface area (Å²) in [6.07, 6.45) is 1.92. The number of amides is 2. The Labute approximate surface area is 202 Å². The van der Waals surface area contributed by atoms with E-state index in [1.165, 1.54) is 17.0 Å². The third-order valence-electron chi connectivity index (χ3n) is 7.10. The SMILES string of the molecule is CC1(C)C(=O)N(CC2CN(c3ccccc3)C2)c2c1sc(C(N)=O)c2-c1c[nH]c2ccccc12. The van der Waals surface area contributed by atoms with Crippen molar-refractivity contribution in [2.24, 2.45) is 11.7 Å². The van der Waals surface area contributed by atoms with Gasteiger partial charge in [-0.3, -0.25) is 9.59 Å². The molecule has 1 saturated heterocycles. The Balaban J connectivity index is 1.41. The van der Waals surface area contributed by atoms with E-state index in [2.05, 4.69) is 22.0 Å². The number of carbonyl (C=O) groups is 2. The van der Waals surface area contributed by atoms with Crippen LogP contribution in [0.15, 0.2) is 60.8 Å². The number of benzene rings is 2. The summed E-state index contributed by atoms with van der Waals surface area (Å²) < 4.78 is 0. The number of aromatic nitrogens is 1. The molecule has 1 fully saturated rings. The Kier molecular flexibility index (Phi) is 4.61. The van der Waals surface area contributed by atoms with Gasteiger partial charge in [0.15, 0.2) is 0 Å². The van der Waals surface area contributed by atoms with E-state index in [0.717, 1.165) is 45.7 Å². The van der Waals surface area contributed by atoms with Gasteiger partial charge in [0.2, 0.25) is 5.91 Å². The second-order valence-corrected chi connectivity index (χ2v) is 10.8. The Hall–Kier alpha value is -3.58. The number of rotatable bonds is 5. The van der Waals surface area contributed by atoms with Crippen LogP contribution in [-0.2, 0) is 10.2 Å². The van der Waals surface area contributed by atoms with Crippen molar-refractivity contribution in [1.82, 2.24) is 4.98 Å². The number of nitrogens with two attached hydrogens (primary N) is 1. The molecular formula is C27H26N4O2S. The molecule has 4 heterocycles. The summed E-state index contributed by atoms with van der Waals surface area (Å²) in [5, 5.41) is 1.02. The molecule has 2 aliphatic rings. The first-order valence-corrected chi connectivity index (χ1v) is 12.3. The van der Waals surface area contributed by atoms with E-state index in [9.17, 15) is 9.59 Å². The van der Waals surface area contributed by atoms with Crippen LogP contribution in [0.2, 0.25) is 0 Å². The van der Waals surface area contributed by atoms with Gasteiger partial charge in [0.25, 0.3) is 5.91 Å². The van der Waals surface area contributed by atoms with Crippen molar-refractivity contribution in [2.75, 3.05) is 29.4 Å². The second kappa shape index (κ2) is 7.46. The number of thiophene rings is 1. The van der Waals surface area contributed by atoms with Gasteiger partial charge in [-0.15, -0.1) is 11.3 Å². The van der Waals surface area contributed by atoms with Gasteiger partial charge in [0.05, 0.1) is 11.1 Å². The zero-order chi connectivity index (χ0) is 23.6. The molecule has 3 N–H and O–H groups in total. The summed E-state index contributed by atoms with van der Waals surface area (Å²) in [5.41, 5.74) is 9.92. The molecule has 34 heavy (non-hydrogen) atoms. The van der Waals surface area contributed by atoms with Gasteiger partial charge in [0.1, 0.15) is 4.88 Å². The summed E-state index contributed by atoms with van der Waals surface area (Å²) in [6.45, 7) is 6.33. The minimum Gasteiger partial charge on any atom is -0.371 e. The number of nitrogens with one attached hydrogen (secondary N) is 1. The molecule has 2 amide bonds. The van der Waals surface area contributed by atoms with E-state index < -0.39 is 11.3 Å². The average molecular weight is 471 g/mol. The third-order valence-corrected chi connectivity index (χ3v) is 8.62. The second-order valence-electron chi connectivity index (χ2n) is 9.74. The normalized spacial score (nSPS) is 17.3. The zero-order valence-corrected chi connectivity index (χ0v) is 20.0. The number of anilines is 2. The molecule has 0 unspecified atom stereocenters. The fourth-order valence-corrected chi connectivity index (χ4v) is 6.57. The van der Waals surface area contributed by atoms with Crippen LogP contribution in [0.4, 0.5) is 11.4 Å². The minimum atomic E-state index is -0.697. The van der Waals surface area contributed by atoms with Gasteiger partial charge < -0.3 is 20.5 Å². The van der Waals surface area contributed by atoms with E-state index in [4.69, 9.17) is 5.73 Å². The Morgan fingerprint density at radius 3 is 2.56 bits per heavy atom. The van der Waals surface area contributed by atoms with Crippen molar-refractivity contribution in [3.8, 4) is 11.1 Å². The number of carbonyl (C=O) groups excluding carboxylic acids is 2. The molecule has 6 rings (SSSR count). The minimum absolute atomic E-state index is 0.0871. The largest absolute Gasteiger partial charge is 0.371 e. The summed E-state index contributed by atoms with van der Waals surface area (Å²) in [7, 11) is 0. The topological polar surface area (TPSA) is 82.4 Å². The summed E-state index contributed by atoms with van der Waals surface area (Å²) >= 11 is 1.37. The van der Waals surface area contributed by atoms with Crippen LogP contribution >= 0.6 is 11.3 Å². The summed E-state index contributed by atoms with van der Waals surface area (Å²) in [5.74, 6) is -0.00977. The predicted octanol–water partition coefficient (Wildman–Crippen LogP) is 4.76. The van der Waals surface area contributed by atoms with Crippen LogP contribution < -0.4 is 15.5 Å². The molecule has 7 heteroatoms. The number of primary amides is 1. The van der Waals surface area contributed by atoms with Crippen molar-refractivity contribution in [2.45, 2.75) is 19.3 Å². The van der Waals surface area contributed by atoms with E-state index in [1.54, 1.807) is 0 Å². The highest BCUT2D eigenvalue weighted by Gasteiger charge is 2.49. The van der Waals surface area contributed by atoms with Gasteiger partial charge in [-0.2, -0.15) is 0 Å². The van der Waals surface area contributed by atoms with Gasteiger partial charge in [-0.1, -0.05) is 36.4 Å². The number of hydrogen-bond donors (Lipinski definition) is 2. The van der Waals surface area contributed by atoms with Crippen molar-refractivity contribution in [3.05, 3.63) is 70.5 Å². The number of H-pyrrole nitrogens is 1. The quantitative estimate of drug-likeness (QED) is 0.441. The maximum Gasteiger partial charge on any atom is 0.259 e. The molecule has 2 aromatic heterocycles. The third kappa shape index (κ3) is 3.00. The Bertz CT molecular complexity index is 1430. The fraction of sp³-hybridized carbons (Fsp3) is 0.259. The predicted molar refractivity (Wildman–Crippen MR) is 138 cm³/mol. The van der Waals surface area contributed by atoms with Crippen molar-refractivity contribution in [3.63, 3.8) is 0 Å². The van der Waals surface area contributed by atoms with Crippen molar-refractivity contribution in [1.29, 1.82) is 0 Å². The molecule has 0 saturated carbocycles. The molecule has 2 aliphatic heterocycles. The van der Waals surface area contributed by atoms with Crippen LogP contribution in [0.1, 0.15) is 28.4 Å². The van der Waals surface area contributed by atoms with Crippen LogP contribution in [-0.4, -0.2) is 36.4 Å². The highest BCUT2D eigenvalue weighted by atomic mass is 32.1. The molecule has 6 nitrogen and oxygen atoms in total. The van der Waals surface area contributed by atoms with Gasteiger partial charge >= 0.3 is 0 Å². The number of aromatic amines is 1. The van der Waals surface area contributed by atoms with Gasteiger partial charge in [-0.05, 0) is 32.0 Å². The van der Waals surface area contributed by atoms with Crippen LogP contribution in [0.5, 0.6) is 0 Å². The average Bonchev–Trinajstić information content (AvgIpc) is 3.44. The first-order valence-electron chi connectivity index (χ1n) is 11.5. The van der Waals surface area contributed by atoms with Gasteiger partial charge in [-0.25, -0.2) is 0 Å². The first-order chi connectivity index (χ1) is 16.4. The molecule has 172 valence electrons. The first kappa shape index (κ1) is 21.0. The molecule has 2 aromatic carbocycles. The molecule has 4 aromatic rings. The smallest absolute Gasteiger partial charge is 0.259 e. The lowest BCUT2D eigenvalue weighted by atomic mass is 9.92. The molecule has 0 aliphatic carbocycles. The van der Waals surface area contributed by atoms with Gasteiger partial charge in [0, 0.05) is 64.3 Å². The fourth-order valence-electron chi connectivity index (χ4n) is 5.31.